The predicted octanol–water partition coefficient (Wildman–Crippen LogP) is 4.60. The van der Waals surface area contributed by atoms with E-state index >= 15 is 0 Å². The molecule has 0 saturated carbocycles. The van der Waals surface area contributed by atoms with Crippen LogP contribution in [0.5, 0.6) is 0 Å². The molecule has 1 amide bonds. The molecule has 0 spiro atoms. The zero-order valence-corrected chi connectivity index (χ0v) is 18.6. The molecule has 2 heterocycles. The second-order valence-electron chi connectivity index (χ2n) is 8.23. The van der Waals surface area contributed by atoms with Crippen LogP contribution in [0.25, 0.3) is 11.1 Å². The molecule has 1 fully saturated rings. The van der Waals surface area contributed by atoms with Crippen LogP contribution in [0.15, 0.2) is 47.0 Å². The van der Waals surface area contributed by atoms with Gasteiger partial charge in [-0.15, -0.1) is 0 Å². The van der Waals surface area contributed by atoms with Crippen LogP contribution in [-0.2, 0) is 17.5 Å². The van der Waals surface area contributed by atoms with Gasteiger partial charge in [-0.3, -0.25) is 4.79 Å². The number of hydrogen-bond acceptors (Lipinski definition) is 6. The predicted molar refractivity (Wildman–Crippen MR) is 118 cm³/mol. The lowest BCUT2D eigenvalue weighted by molar-refractivity contribution is -0.137. The monoisotopic (exact) mass is 474 g/mol. The highest BCUT2D eigenvalue weighted by Crippen LogP contribution is 2.34. The van der Waals surface area contributed by atoms with Gasteiger partial charge in [0.25, 0.3) is 11.7 Å². The lowest BCUT2D eigenvalue weighted by Crippen LogP contribution is -2.27. The first-order chi connectivity index (χ1) is 16.3. The van der Waals surface area contributed by atoms with Gasteiger partial charge in [-0.2, -0.15) is 18.2 Å². The van der Waals surface area contributed by atoms with E-state index in [-0.39, 0.29) is 24.3 Å². The van der Waals surface area contributed by atoms with Crippen LogP contribution in [-0.4, -0.2) is 29.3 Å². The van der Waals surface area contributed by atoms with Crippen molar-refractivity contribution in [1.29, 1.82) is 0 Å². The summed E-state index contributed by atoms with van der Waals surface area (Å²) in [6.07, 6.45) is -2.91. The third-order valence-electron chi connectivity index (χ3n) is 5.94. The van der Waals surface area contributed by atoms with Crippen molar-refractivity contribution in [3.05, 3.63) is 70.9 Å². The summed E-state index contributed by atoms with van der Waals surface area (Å²) in [5, 5.41) is 6.62. The summed E-state index contributed by atoms with van der Waals surface area (Å²) in [4.78, 5) is 16.8. The zero-order chi connectivity index (χ0) is 24.3. The van der Waals surface area contributed by atoms with E-state index in [1.807, 2.05) is 0 Å². The summed E-state index contributed by atoms with van der Waals surface area (Å²) >= 11 is 0. The highest BCUT2D eigenvalue weighted by atomic mass is 19.4. The van der Waals surface area contributed by atoms with Gasteiger partial charge >= 0.3 is 6.18 Å². The molecule has 0 bridgehead atoms. The Balaban J connectivity index is 1.46. The van der Waals surface area contributed by atoms with E-state index in [1.54, 1.807) is 31.2 Å². The number of nitrogens with one attached hydrogen (secondary N) is 1. The van der Waals surface area contributed by atoms with Gasteiger partial charge in [-0.05, 0) is 54.2 Å². The first-order valence-electron chi connectivity index (χ1n) is 11.0. The maximum Gasteiger partial charge on any atom is 0.416 e. The lowest BCUT2D eigenvalue weighted by Gasteiger charge is -2.18. The average molecular weight is 474 g/mol. The number of benzene rings is 2. The van der Waals surface area contributed by atoms with Crippen LogP contribution in [0, 0.1) is 0 Å². The molecule has 4 rings (SSSR count). The van der Waals surface area contributed by atoms with E-state index in [4.69, 9.17) is 15.0 Å². The van der Waals surface area contributed by atoms with Crippen LogP contribution in [0.2, 0.25) is 0 Å². The van der Waals surface area contributed by atoms with Crippen LogP contribution >= 0.6 is 0 Å². The molecule has 0 radical (unpaired) electrons. The highest BCUT2D eigenvalue weighted by Gasteiger charge is 2.31. The van der Waals surface area contributed by atoms with Crippen LogP contribution in [0.1, 0.15) is 64.9 Å². The summed E-state index contributed by atoms with van der Waals surface area (Å²) in [6.45, 7) is 3.15. The van der Waals surface area contributed by atoms with E-state index in [0.29, 0.717) is 35.8 Å². The Morgan fingerprint density at radius 2 is 1.88 bits per heavy atom. The number of halogens is 3. The number of carbonyl (C=O) groups excluding carboxylic acids is 1. The molecule has 1 atom stereocenters. The second-order valence-corrected chi connectivity index (χ2v) is 8.23. The fourth-order valence-electron chi connectivity index (χ4n) is 3.93. The van der Waals surface area contributed by atoms with Crippen LogP contribution in [0.3, 0.4) is 0 Å². The molecular weight excluding hydrogens is 449 g/mol. The third kappa shape index (κ3) is 5.28. The number of rotatable bonds is 6. The minimum atomic E-state index is -4.44. The van der Waals surface area contributed by atoms with E-state index in [9.17, 15) is 18.0 Å². The number of aromatic nitrogens is 2. The standard InChI is InChI=1S/C24H25F3N4O3/c1-14(29-22(32)21-30-23(34-31-21)17-8-10-33-11-9-17)15-2-4-16(5-3-15)20-12-19(24(25,26)27)7-6-18(20)13-28/h2-7,12,14,17H,8-11,13,28H2,1H3,(H,29,32)/t14-/m1/s1. The fraction of sp³-hybridized carbons (Fsp3) is 0.375. The van der Waals surface area contributed by atoms with E-state index in [2.05, 4.69) is 15.5 Å². The number of amides is 1. The summed E-state index contributed by atoms with van der Waals surface area (Å²) in [5.41, 5.74) is 7.41. The number of ether oxygens (including phenoxy) is 1. The Morgan fingerprint density at radius 3 is 2.53 bits per heavy atom. The van der Waals surface area contributed by atoms with Gasteiger partial charge in [0.1, 0.15) is 0 Å². The number of hydrogen-bond donors (Lipinski definition) is 2. The van der Waals surface area contributed by atoms with Gasteiger partial charge in [-0.25, -0.2) is 0 Å². The van der Waals surface area contributed by atoms with E-state index in [1.165, 1.54) is 6.07 Å². The summed E-state index contributed by atoms with van der Waals surface area (Å²) in [5.74, 6) is 0.00715. The molecule has 10 heteroatoms. The number of nitrogens with two attached hydrogens (primary N) is 1. The van der Waals surface area contributed by atoms with Crippen molar-refractivity contribution in [1.82, 2.24) is 15.5 Å². The average Bonchev–Trinajstić information content (AvgIpc) is 3.34. The molecule has 1 aliphatic heterocycles. The molecule has 1 saturated heterocycles. The molecule has 7 nitrogen and oxygen atoms in total. The molecule has 0 aliphatic carbocycles. The molecule has 3 aromatic rings. The Hall–Kier alpha value is -3.24. The molecule has 2 aromatic carbocycles. The maximum atomic E-state index is 13.2. The van der Waals surface area contributed by atoms with Gasteiger partial charge in [-0.1, -0.05) is 35.5 Å². The molecular formula is C24H25F3N4O3. The van der Waals surface area contributed by atoms with Crippen molar-refractivity contribution in [2.75, 3.05) is 13.2 Å². The summed E-state index contributed by atoms with van der Waals surface area (Å²) in [7, 11) is 0. The summed E-state index contributed by atoms with van der Waals surface area (Å²) in [6, 6.07) is 10.1. The van der Waals surface area contributed by atoms with Crippen molar-refractivity contribution in [2.45, 2.75) is 44.4 Å². The topological polar surface area (TPSA) is 103 Å². The SMILES string of the molecule is C[C@@H](NC(=O)c1noc(C2CCOCC2)n1)c1ccc(-c2cc(C(F)(F)F)ccc2CN)cc1. The molecule has 0 unspecified atom stereocenters. The zero-order valence-electron chi connectivity index (χ0n) is 18.6. The number of nitrogens with zero attached hydrogens (tertiary/aromatic N) is 2. The second kappa shape index (κ2) is 9.94. The van der Waals surface area contributed by atoms with Crippen LogP contribution in [0.4, 0.5) is 13.2 Å². The molecule has 180 valence electrons. The van der Waals surface area contributed by atoms with E-state index in [0.717, 1.165) is 30.5 Å². The quantitative estimate of drug-likeness (QED) is 0.541. The normalized spacial score (nSPS) is 15.8. The first-order valence-corrected chi connectivity index (χ1v) is 11.0. The molecule has 1 aliphatic rings. The Labute approximate surface area is 194 Å². The smallest absolute Gasteiger partial charge is 0.381 e. The largest absolute Gasteiger partial charge is 0.416 e. The minimum Gasteiger partial charge on any atom is -0.381 e. The van der Waals surface area contributed by atoms with Crippen LogP contribution < -0.4 is 11.1 Å². The van der Waals surface area contributed by atoms with E-state index < -0.39 is 17.6 Å². The molecule has 34 heavy (non-hydrogen) atoms. The van der Waals surface area contributed by atoms with Crippen molar-refractivity contribution < 1.29 is 27.2 Å². The van der Waals surface area contributed by atoms with Gasteiger partial charge < -0.3 is 20.3 Å². The van der Waals surface area contributed by atoms with Crippen molar-refractivity contribution in [2.24, 2.45) is 5.73 Å². The number of carbonyl (C=O) groups is 1. The van der Waals surface area contributed by atoms with Gasteiger partial charge in [0.15, 0.2) is 0 Å². The Bertz CT molecular complexity index is 1140. The Morgan fingerprint density at radius 1 is 1.18 bits per heavy atom. The first kappa shape index (κ1) is 23.9. The highest BCUT2D eigenvalue weighted by molar-refractivity contribution is 5.90. The maximum absolute atomic E-state index is 13.2. The minimum absolute atomic E-state index is 0.0403. The summed E-state index contributed by atoms with van der Waals surface area (Å²) < 4.78 is 50.1. The fourth-order valence-corrected chi connectivity index (χ4v) is 3.93. The van der Waals surface area contributed by atoms with Gasteiger partial charge in [0, 0.05) is 25.7 Å². The van der Waals surface area contributed by atoms with Crippen molar-refractivity contribution in [3.8, 4) is 11.1 Å². The molecule has 3 N–H and O–H groups in total. The van der Waals surface area contributed by atoms with Gasteiger partial charge in [0.05, 0.1) is 11.6 Å². The van der Waals surface area contributed by atoms with Crippen molar-refractivity contribution >= 4 is 5.91 Å². The lowest BCUT2D eigenvalue weighted by atomic mass is 9.95. The third-order valence-corrected chi connectivity index (χ3v) is 5.94. The number of alkyl halides is 3. The van der Waals surface area contributed by atoms with Crippen molar-refractivity contribution in [3.63, 3.8) is 0 Å². The van der Waals surface area contributed by atoms with Gasteiger partial charge in [0.2, 0.25) is 5.89 Å². The molecule has 1 aromatic heterocycles. The Kier molecular flexibility index (Phi) is 6.99.